The van der Waals surface area contributed by atoms with Gasteiger partial charge in [0.05, 0.1) is 18.7 Å². The Morgan fingerprint density at radius 3 is 3.06 bits per heavy atom. The highest BCUT2D eigenvalue weighted by atomic mass is 35.5. The summed E-state index contributed by atoms with van der Waals surface area (Å²) in [6, 6.07) is 1.90. The summed E-state index contributed by atoms with van der Waals surface area (Å²) >= 11 is 6.30. The Hall–Kier alpha value is -0.930. The summed E-state index contributed by atoms with van der Waals surface area (Å²) in [5.74, 6) is 1.52. The van der Waals surface area contributed by atoms with Gasteiger partial charge in [0, 0.05) is 18.6 Å². The molecule has 1 heterocycles. The Morgan fingerprint density at radius 2 is 2.38 bits per heavy atom. The molecule has 0 aliphatic carbocycles. The smallest absolute Gasteiger partial charge is 0.165 e. The van der Waals surface area contributed by atoms with Gasteiger partial charge in [-0.3, -0.25) is 0 Å². The molecule has 0 amide bonds. The Labute approximate surface area is 99.9 Å². The maximum atomic E-state index is 8.84. The number of benzene rings is 1. The fraction of sp³-hybridized carbons (Fsp3) is 0.500. The monoisotopic (exact) mass is 242 g/mol. The van der Waals surface area contributed by atoms with Crippen LogP contribution in [0.4, 0.5) is 0 Å². The second-order valence-corrected chi connectivity index (χ2v) is 4.16. The molecule has 0 atom stereocenters. The van der Waals surface area contributed by atoms with Crippen LogP contribution < -0.4 is 9.47 Å². The maximum Gasteiger partial charge on any atom is 0.165 e. The van der Waals surface area contributed by atoms with Crippen molar-refractivity contribution in [3.63, 3.8) is 0 Å². The van der Waals surface area contributed by atoms with E-state index in [-0.39, 0.29) is 6.61 Å². The van der Waals surface area contributed by atoms with Crippen molar-refractivity contribution in [2.24, 2.45) is 0 Å². The summed E-state index contributed by atoms with van der Waals surface area (Å²) in [5.41, 5.74) is 2.06. The highest BCUT2D eigenvalue weighted by Gasteiger charge is 2.22. The van der Waals surface area contributed by atoms with Gasteiger partial charge < -0.3 is 14.6 Å². The van der Waals surface area contributed by atoms with Gasteiger partial charge in [-0.15, -0.1) is 0 Å². The van der Waals surface area contributed by atoms with Crippen LogP contribution >= 0.6 is 11.6 Å². The van der Waals surface area contributed by atoms with E-state index in [0.29, 0.717) is 13.0 Å². The van der Waals surface area contributed by atoms with Gasteiger partial charge in [0.25, 0.3) is 0 Å². The largest absolute Gasteiger partial charge is 0.493 e. The first-order valence-corrected chi connectivity index (χ1v) is 5.77. The topological polar surface area (TPSA) is 38.7 Å². The molecule has 88 valence electrons. The van der Waals surface area contributed by atoms with E-state index < -0.39 is 0 Å². The number of hydrogen-bond acceptors (Lipinski definition) is 3. The van der Waals surface area contributed by atoms with Crippen LogP contribution in [-0.4, -0.2) is 25.4 Å². The van der Waals surface area contributed by atoms with E-state index in [0.717, 1.165) is 40.5 Å². The second kappa shape index (κ2) is 4.93. The van der Waals surface area contributed by atoms with Crippen LogP contribution in [0.3, 0.4) is 0 Å². The summed E-state index contributed by atoms with van der Waals surface area (Å²) < 4.78 is 10.8. The predicted molar refractivity (Wildman–Crippen MR) is 62.6 cm³/mol. The molecule has 0 bridgehead atoms. The van der Waals surface area contributed by atoms with Gasteiger partial charge >= 0.3 is 0 Å². The number of aliphatic hydroxyl groups excluding tert-OH is 1. The fourth-order valence-corrected chi connectivity index (χ4v) is 2.30. The molecule has 1 aromatic rings. The SMILES string of the molecule is COc1cc(CCCO)c(Cl)c2c1OCC2. The number of ether oxygens (including phenoxy) is 2. The number of aryl methyl sites for hydroxylation is 1. The van der Waals surface area contributed by atoms with E-state index in [1.807, 2.05) is 6.07 Å². The lowest BCUT2D eigenvalue weighted by atomic mass is 10.0. The molecule has 0 saturated heterocycles. The molecule has 0 unspecified atom stereocenters. The van der Waals surface area contributed by atoms with Crippen LogP contribution in [0.25, 0.3) is 0 Å². The van der Waals surface area contributed by atoms with E-state index in [1.54, 1.807) is 7.11 Å². The summed E-state index contributed by atoms with van der Waals surface area (Å²) in [5, 5.41) is 9.60. The first-order chi connectivity index (χ1) is 7.77. The maximum absolute atomic E-state index is 8.84. The molecule has 2 rings (SSSR count). The third-order valence-electron chi connectivity index (χ3n) is 2.77. The van der Waals surface area contributed by atoms with E-state index in [1.165, 1.54) is 0 Å². The molecule has 4 heteroatoms. The second-order valence-electron chi connectivity index (χ2n) is 3.79. The normalized spacial score (nSPS) is 13.4. The van der Waals surface area contributed by atoms with Crippen molar-refractivity contribution in [2.75, 3.05) is 20.3 Å². The summed E-state index contributed by atoms with van der Waals surface area (Å²) in [7, 11) is 1.63. The highest BCUT2D eigenvalue weighted by molar-refractivity contribution is 6.32. The molecule has 0 saturated carbocycles. The van der Waals surface area contributed by atoms with Crippen molar-refractivity contribution >= 4 is 11.6 Å². The zero-order chi connectivity index (χ0) is 11.5. The van der Waals surface area contributed by atoms with Crippen molar-refractivity contribution in [1.29, 1.82) is 0 Å². The van der Waals surface area contributed by atoms with Gasteiger partial charge in [-0.05, 0) is 24.5 Å². The van der Waals surface area contributed by atoms with Gasteiger partial charge in [-0.1, -0.05) is 11.6 Å². The number of halogens is 1. The van der Waals surface area contributed by atoms with Crippen LogP contribution in [0.2, 0.25) is 5.02 Å². The number of rotatable bonds is 4. The Balaban J connectivity index is 2.39. The molecule has 0 aromatic heterocycles. The van der Waals surface area contributed by atoms with Gasteiger partial charge in [-0.2, -0.15) is 0 Å². The molecule has 0 fully saturated rings. The molecule has 1 aliphatic heterocycles. The van der Waals surface area contributed by atoms with Crippen molar-refractivity contribution < 1.29 is 14.6 Å². The minimum absolute atomic E-state index is 0.173. The van der Waals surface area contributed by atoms with Crippen molar-refractivity contribution in [2.45, 2.75) is 19.3 Å². The van der Waals surface area contributed by atoms with Crippen molar-refractivity contribution in [3.05, 3.63) is 22.2 Å². The fourth-order valence-electron chi connectivity index (χ4n) is 1.97. The minimum Gasteiger partial charge on any atom is -0.493 e. The van der Waals surface area contributed by atoms with E-state index in [4.69, 9.17) is 26.2 Å². The third-order valence-corrected chi connectivity index (χ3v) is 3.24. The average Bonchev–Trinajstić information content (AvgIpc) is 2.78. The molecule has 1 aliphatic rings. The van der Waals surface area contributed by atoms with Crippen LogP contribution in [0.15, 0.2) is 6.07 Å². The van der Waals surface area contributed by atoms with Gasteiger partial charge in [0.1, 0.15) is 0 Å². The lowest BCUT2D eigenvalue weighted by Gasteiger charge is -2.12. The molecule has 0 radical (unpaired) electrons. The summed E-state index contributed by atoms with van der Waals surface area (Å²) in [6.45, 7) is 0.834. The van der Waals surface area contributed by atoms with Crippen LogP contribution in [0.1, 0.15) is 17.5 Å². The number of aliphatic hydroxyl groups is 1. The molecule has 1 N–H and O–H groups in total. The number of fused-ring (bicyclic) bond motifs is 1. The van der Waals surface area contributed by atoms with Crippen molar-refractivity contribution in [1.82, 2.24) is 0 Å². The zero-order valence-electron chi connectivity index (χ0n) is 9.25. The number of methoxy groups -OCH3 is 1. The first-order valence-electron chi connectivity index (χ1n) is 5.39. The van der Waals surface area contributed by atoms with Crippen LogP contribution in [-0.2, 0) is 12.8 Å². The van der Waals surface area contributed by atoms with E-state index in [9.17, 15) is 0 Å². The molecular formula is C12H15ClO3. The molecule has 0 spiro atoms. The first kappa shape index (κ1) is 11.6. The zero-order valence-corrected chi connectivity index (χ0v) is 10.0. The third kappa shape index (κ3) is 1.97. The van der Waals surface area contributed by atoms with Crippen LogP contribution in [0, 0.1) is 0 Å². The lowest BCUT2D eigenvalue weighted by Crippen LogP contribution is -1.96. The Bertz CT molecular complexity index is 390. The molecular weight excluding hydrogens is 228 g/mol. The van der Waals surface area contributed by atoms with Crippen molar-refractivity contribution in [3.8, 4) is 11.5 Å². The summed E-state index contributed by atoms with van der Waals surface area (Å²) in [6.07, 6.45) is 2.30. The lowest BCUT2D eigenvalue weighted by molar-refractivity contribution is 0.288. The van der Waals surface area contributed by atoms with Gasteiger partial charge in [0.15, 0.2) is 11.5 Å². The van der Waals surface area contributed by atoms with E-state index in [2.05, 4.69) is 0 Å². The average molecular weight is 243 g/mol. The minimum atomic E-state index is 0.173. The molecule has 16 heavy (non-hydrogen) atoms. The highest BCUT2D eigenvalue weighted by Crippen LogP contribution is 2.42. The number of hydrogen-bond donors (Lipinski definition) is 1. The van der Waals surface area contributed by atoms with Gasteiger partial charge in [-0.25, -0.2) is 0 Å². The van der Waals surface area contributed by atoms with Gasteiger partial charge in [0.2, 0.25) is 0 Å². The van der Waals surface area contributed by atoms with Crippen LogP contribution in [0.5, 0.6) is 11.5 Å². The predicted octanol–water partition coefficient (Wildman–Crippen LogP) is 2.21. The molecule has 3 nitrogen and oxygen atoms in total. The summed E-state index contributed by atoms with van der Waals surface area (Å²) in [4.78, 5) is 0. The quantitative estimate of drug-likeness (QED) is 0.880. The Morgan fingerprint density at radius 1 is 1.56 bits per heavy atom. The molecule has 1 aromatic carbocycles. The Kier molecular flexibility index (Phi) is 3.56. The van der Waals surface area contributed by atoms with E-state index >= 15 is 0 Å². The standard InChI is InChI=1S/C12H15ClO3/c1-15-10-7-8(3-2-5-14)11(13)9-4-6-16-12(9)10/h7,14H,2-6H2,1H3.